The number of halogens is 1. The van der Waals surface area contributed by atoms with E-state index < -0.39 is 0 Å². The van der Waals surface area contributed by atoms with Crippen molar-refractivity contribution in [3.63, 3.8) is 0 Å². The molecule has 0 saturated carbocycles. The third-order valence-electron chi connectivity index (χ3n) is 5.78. The van der Waals surface area contributed by atoms with Crippen LogP contribution in [0.15, 0.2) is 42.6 Å². The first-order chi connectivity index (χ1) is 16.0. The molecule has 1 aliphatic rings. The number of nitrogens with zero attached hydrogens (tertiary/aromatic N) is 6. The minimum Gasteiger partial charge on any atom is -0.504 e. The number of amides is 1. The van der Waals surface area contributed by atoms with Gasteiger partial charge in [-0.25, -0.2) is 9.37 Å². The van der Waals surface area contributed by atoms with E-state index in [-0.39, 0.29) is 23.2 Å². The molecule has 10 heteroatoms. The van der Waals surface area contributed by atoms with Crippen LogP contribution in [0.3, 0.4) is 0 Å². The monoisotopic (exact) mass is 447 g/mol. The van der Waals surface area contributed by atoms with Gasteiger partial charge in [-0.05, 0) is 29.8 Å². The number of aromatic hydroxyl groups is 1. The zero-order valence-corrected chi connectivity index (χ0v) is 18.0. The van der Waals surface area contributed by atoms with Crippen LogP contribution < -0.4 is 4.90 Å². The van der Waals surface area contributed by atoms with Gasteiger partial charge in [0.05, 0.1) is 0 Å². The van der Waals surface area contributed by atoms with E-state index in [4.69, 9.17) is 4.98 Å². The number of carbonyl (C=O) groups excluding carboxylic acids is 1. The van der Waals surface area contributed by atoms with Crippen molar-refractivity contribution in [2.45, 2.75) is 13.3 Å². The molecule has 4 heterocycles. The van der Waals surface area contributed by atoms with Crippen LogP contribution in [-0.4, -0.2) is 67.2 Å². The van der Waals surface area contributed by atoms with E-state index in [1.807, 2.05) is 6.07 Å². The zero-order valence-electron chi connectivity index (χ0n) is 18.0. The quantitative estimate of drug-likeness (QED) is 0.494. The molecule has 0 bridgehead atoms. The average Bonchev–Trinajstić information content (AvgIpc) is 3.29. The zero-order chi connectivity index (χ0) is 22.9. The van der Waals surface area contributed by atoms with Crippen molar-refractivity contribution >= 4 is 22.6 Å². The van der Waals surface area contributed by atoms with Gasteiger partial charge in [0, 0.05) is 51.1 Å². The molecule has 0 spiro atoms. The fourth-order valence-corrected chi connectivity index (χ4v) is 4.02. The van der Waals surface area contributed by atoms with E-state index in [0.29, 0.717) is 55.6 Å². The normalized spacial score (nSPS) is 14.1. The van der Waals surface area contributed by atoms with Gasteiger partial charge in [-0.3, -0.25) is 9.78 Å². The first-order valence-corrected chi connectivity index (χ1v) is 10.6. The topological polar surface area (TPSA) is 111 Å². The standard InChI is InChI=1S/C23H22FN7O2/c1-14(32)30-9-11-31(12-10-30)23-17-3-2-8-25-19(17)21(33)20(27-23)22-26-18(28-29-22)13-15-4-6-16(24)7-5-15/h2-8,33H,9-13H2,1H3,(H,26,28,29). The van der Waals surface area contributed by atoms with Crippen molar-refractivity contribution in [1.82, 2.24) is 30.0 Å². The van der Waals surface area contributed by atoms with Crippen molar-refractivity contribution in [1.29, 1.82) is 0 Å². The molecule has 1 amide bonds. The molecular formula is C23H22FN7O2. The lowest BCUT2D eigenvalue weighted by molar-refractivity contribution is -0.129. The summed E-state index contributed by atoms with van der Waals surface area (Å²) in [5.74, 6) is 1.23. The molecule has 1 aromatic carbocycles. The molecule has 9 nitrogen and oxygen atoms in total. The van der Waals surface area contributed by atoms with E-state index >= 15 is 0 Å². The second-order valence-electron chi connectivity index (χ2n) is 7.95. The van der Waals surface area contributed by atoms with Gasteiger partial charge in [0.15, 0.2) is 17.3 Å². The van der Waals surface area contributed by atoms with Crippen molar-refractivity contribution in [3.05, 3.63) is 59.8 Å². The van der Waals surface area contributed by atoms with E-state index in [1.165, 1.54) is 12.1 Å². The molecule has 2 N–H and O–H groups in total. The van der Waals surface area contributed by atoms with Gasteiger partial charge in [-0.1, -0.05) is 12.1 Å². The molecule has 168 valence electrons. The Kier molecular flexibility index (Phi) is 5.33. The lowest BCUT2D eigenvalue weighted by Crippen LogP contribution is -2.48. The molecule has 0 unspecified atom stereocenters. The Hall–Kier alpha value is -4.08. The van der Waals surface area contributed by atoms with Crippen LogP contribution in [0.4, 0.5) is 10.2 Å². The summed E-state index contributed by atoms with van der Waals surface area (Å²) in [6.07, 6.45) is 2.05. The molecule has 1 aliphatic heterocycles. The minimum atomic E-state index is -0.300. The first kappa shape index (κ1) is 20.8. The number of piperazine rings is 1. The number of anilines is 1. The molecule has 33 heavy (non-hydrogen) atoms. The van der Waals surface area contributed by atoms with Gasteiger partial charge in [-0.2, -0.15) is 0 Å². The number of carbonyl (C=O) groups is 1. The Labute approximate surface area is 188 Å². The summed E-state index contributed by atoms with van der Waals surface area (Å²) in [6.45, 7) is 4.00. The van der Waals surface area contributed by atoms with Crippen LogP contribution >= 0.6 is 0 Å². The van der Waals surface area contributed by atoms with Crippen LogP contribution in [0.5, 0.6) is 5.75 Å². The van der Waals surface area contributed by atoms with Gasteiger partial charge in [0.2, 0.25) is 5.91 Å². The summed E-state index contributed by atoms with van der Waals surface area (Å²) in [7, 11) is 0. The fourth-order valence-electron chi connectivity index (χ4n) is 4.02. The Morgan fingerprint density at radius 2 is 1.88 bits per heavy atom. The highest BCUT2D eigenvalue weighted by atomic mass is 19.1. The molecule has 0 radical (unpaired) electrons. The second-order valence-corrected chi connectivity index (χ2v) is 7.95. The number of aromatic amines is 1. The number of pyridine rings is 2. The SMILES string of the molecule is CC(=O)N1CCN(c2nc(-c3nnc(Cc4ccc(F)cc4)[nH]3)c(O)c3ncccc23)CC1. The predicted octanol–water partition coefficient (Wildman–Crippen LogP) is 2.52. The number of aromatic nitrogens is 5. The number of hydrogen-bond donors (Lipinski definition) is 2. The molecular weight excluding hydrogens is 425 g/mol. The molecule has 5 rings (SSSR count). The number of benzene rings is 1. The number of hydrogen-bond acceptors (Lipinski definition) is 7. The molecule has 0 atom stereocenters. The highest BCUT2D eigenvalue weighted by Crippen LogP contribution is 2.36. The summed E-state index contributed by atoms with van der Waals surface area (Å²) in [6, 6.07) is 9.83. The van der Waals surface area contributed by atoms with Crippen LogP contribution in [0, 0.1) is 5.82 Å². The number of H-pyrrole nitrogens is 1. The predicted molar refractivity (Wildman–Crippen MR) is 120 cm³/mol. The average molecular weight is 447 g/mol. The molecule has 3 aromatic heterocycles. The van der Waals surface area contributed by atoms with Gasteiger partial charge in [0.1, 0.15) is 23.0 Å². The number of nitrogens with one attached hydrogen (secondary N) is 1. The summed E-state index contributed by atoms with van der Waals surface area (Å²) >= 11 is 0. The smallest absolute Gasteiger partial charge is 0.219 e. The van der Waals surface area contributed by atoms with Crippen molar-refractivity contribution in [2.75, 3.05) is 31.1 Å². The maximum Gasteiger partial charge on any atom is 0.219 e. The Bertz CT molecular complexity index is 1310. The van der Waals surface area contributed by atoms with Crippen LogP contribution in [0.1, 0.15) is 18.3 Å². The van der Waals surface area contributed by atoms with E-state index in [0.717, 1.165) is 10.9 Å². The number of rotatable bonds is 4. The summed E-state index contributed by atoms with van der Waals surface area (Å²) < 4.78 is 13.2. The summed E-state index contributed by atoms with van der Waals surface area (Å²) in [5, 5.41) is 20.0. The largest absolute Gasteiger partial charge is 0.504 e. The van der Waals surface area contributed by atoms with Gasteiger partial charge in [-0.15, -0.1) is 10.2 Å². The van der Waals surface area contributed by atoms with Crippen LogP contribution in [0.25, 0.3) is 22.4 Å². The highest BCUT2D eigenvalue weighted by molar-refractivity contribution is 5.97. The third kappa shape index (κ3) is 4.07. The van der Waals surface area contributed by atoms with Gasteiger partial charge < -0.3 is 19.9 Å². The van der Waals surface area contributed by atoms with Crippen LogP contribution in [-0.2, 0) is 11.2 Å². The Morgan fingerprint density at radius 1 is 1.12 bits per heavy atom. The number of fused-ring (bicyclic) bond motifs is 1. The maximum atomic E-state index is 13.2. The van der Waals surface area contributed by atoms with Crippen molar-refractivity contribution in [3.8, 4) is 17.3 Å². The lowest BCUT2D eigenvalue weighted by atomic mass is 10.1. The maximum absolute atomic E-state index is 13.2. The third-order valence-corrected chi connectivity index (χ3v) is 5.78. The van der Waals surface area contributed by atoms with E-state index in [9.17, 15) is 14.3 Å². The van der Waals surface area contributed by atoms with Crippen LogP contribution in [0.2, 0.25) is 0 Å². The van der Waals surface area contributed by atoms with Crippen molar-refractivity contribution in [2.24, 2.45) is 0 Å². The Morgan fingerprint density at radius 3 is 2.61 bits per heavy atom. The van der Waals surface area contributed by atoms with E-state index in [2.05, 4.69) is 25.1 Å². The van der Waals surface area contributed by atoms with Gasteiger partial charge in [0.25, 0.3) is 0 Å². The lowest BCUT2D eigenvalue weighted by Gasteiger charge is -2.35. The fraction of sp³-hybridized carbons (Fsp3) is 0.261. The van der Waals surface area contributed by atoms with Gasteiger partial charge >= 0.3 is 0 Å². The molecule has 0 aliphatic carbocycles. The second kappa shape index (κ2) is 8.45. The molecule has 4 aromatic rings. The van der Waals surface area contributed by atoms with E-state index in [1.54, 1.807) is 36.2 Å². The van der Waals surface area contributed by atoms with Crippen molar-refractivity contribution < 1.29 is 14.3 Å². The summed E-state index contributed by atoms with van der Waals surface area (Å²) in [5.41, 5.74) is 1.55. The Balaban J connectivity index is 1.50. The summed E-state index contributed by atoms with van der Waals surface area (Å²) in [4.78, 5) is 27.8. The molecule has 1 fully saturated rings. The first-order valence-electron chi connectivity index (χ1n) is 10.6. The minimum absolute atomic E-state index is 0.0517. The molecule has 1 saturated heterocycles. The highest BCUT2D eigenvalue weighted by Gasteiger charge is 2.25.